The monoisotopic (exact) mass is 1630 g/mol. The van der Waals surface area contributed by atoms with E-state index in [4.69, 9.17) is 9.97 Å². The quantitative estimate of drug-likeness (QED) is 0.137. The van der Waals surface area contributed by atoms with E-state index in [1.807, 2.05) is 0 Å². The molecule has 128 heavy (non-hydrogen) atoms. The molecule has 6 aromatic heterocycles. The summed E-state index contributed by atoms with van der Waals surface area (Å²) in [4.78, 5) is 11.3. The summed E-state index contributed by atoms with van der Waals surface area (Å²) < 4.78 is 12.2. The number of nitrogens with zero attached hydrogens (tertiary/aromatic N) is 7. The summed E-state index contributed by atoms with van der Waals surface area (Å²) in [6.45, 7) is 14.2. The Morgan fingerprint density at radius 1 is 0.164 bits per heavy atom. The van der Waals surface area contributed by atoms with Crippen LogP contribution >= 0.6 is 0 Å². The minimum Gasteiger partial charge on any atom is -0.309 e. The van der Waals surface area contributed by atoms with E-state index >= 15 is 0 Å². The third kappa shape index (κ3) is 10.3. The molecule has 0 N–H and O–H groups in total. The molecule has 0 spiro atoms. The first-order valence-corrected chi connectivity index (χ1v) is 44.7. The number of benzene rings is 18. The molecule has 3 aliphatic rings. The van der Waals surface area contributed by atoms with Crippen molar-refractivity contribution in [1.82, 2.24) is 32.8 Å². The molecular formula is C121H83N7. The van der Waals surface area contributed by atoms with E-state index < -0.39 is 0 Å². The summed E-state index contributed by atoms with van der Waals surface area (Å²) >= 11 is 0. The average molecular weight is 1640 g/mol. The molecule has 0 fully saturated rings. The van der Waals surface area contributed by atoms with Gasteiger partial charge in [-0.2, -0.15) is 0 Å². The number of fused-ring (bicyclic) bond motifs is 24. The van der Waals surface area contributed by atoms with Crippen molar-refractivity contribution in [2.75, 3.05) is 0 Å². The maximum Gasteiger partial charge on any atom is 0.235 e. The van der Waals surface area contributed by atoms with Crippen LogP contribution in [0.4, 0.5) is 0 Å². The van der Waals surface area contributed by atoms with E-state index in [0.717, 1.165) is 105 Å². The zero-order valence-corrected chi connectivity index (χ0v) is 71.7. The van der Waals surface area contributed by atoms with E-state index in [9.17, 15) is 0 Å². The minimum atomic E-state index is -0.135. The number of hydrogen-bond acceptors (Lipinski definition) is 2. The molecule has 3 aliphatic carbocycles. The molecule has 0 radical (unpaired) electrons. The lowest BCUT2D eigenvalue weighted by Gasteiger charge is -2.22. The zero-order chi connectivity index (χ0) is 84.9. The maximum absolute atomic E-state index is 5.73. The maximum atomic E-state index is 5.73. The smallest absolute Gasteiger partial charge is 0.235 e. The zero-order valence-electron chi connectivity index (χ0n) is 71.7. The van der Waals surface area contributed by atoms with Crippen LogP contribution in [0.15, 0.2) is 394 Å². The van der Waals surface area contributed by atoms with E-state index in [2.05, 4.69) is 459 Å². The van der Waals surface area contributed by atoms with Crippen molar-refractivity contribution in [3.05, 3.63) is 428 Å². The molecule has 18 aromatic carbocycles. The van der Waals surface area contributed by atoms with Crippen LogP contribution in [0.5, 0.6) is 0 Å². The van der Waals surface area contributed by atoms with Crippen molar-refractivity contribution in [3.8, 4) is 118 Å². The van der Waals surface area contributed by atoms with Crippen LogP contribution < -0.4 is 0 Å². The summed E-state index contributed by atoms with van der Waals surface area (Å²) in [5.74, 6) is 0.596. The minimum absolute atomic E-state index is 0.120. The van der Waals surface area contributed by atoms with Crippen LogP contribution in [0, 0.1) is 0 Å². The van der Waals surface area contributed by atoms with Gasteiger partial charge in [-0.25, -0.2) is 9.97 Å². The predicted octanol–water partition coefficient (Wildman–Crippen LogP) is 31.2. The van der Waals surface area contributed by atoms with Crippen molar-refractivity contribution in [1.29, 1.82) is 0 Å². The van der Waals surface area contributed by atoms with Crippen molar-refractivity contribution < 1.29 is 0 Å². The molecule has 0 atom stereocenters. The highest BCUT2D eigenvalue weighted by atomic mass is 15.2. The van der Waals surface area contributed by atoms with Crippen LogP contribution in [0.3, 0.4) is 0 Å². The predicted molar refractivity (Wildman–Crippen MR) is 534 cm³/mol. The molecule has 0 saturated carbocycles. The van der Waals surface area contributed by atoms with Gasteiger partial charge in [-0.3, -0.25) is 4.57 Å². The van der Waals surface area contributed by atoms with Gasteiger partial charge in [0.15, 0.2) is 0 Å². The van der Waals surface area contributed by atoms with Gasteiger partial charge >= 0.3 is 0 Å². The van der Waals surface area contributed by atoms with E-state index in [1.165, 1.54) is 149 Å². The summed E-state index contributed by atoms with van der Waals surface area (Å²) in [6.07, 6.45) is 0. The molecule has 7 nitrogen and oxygen atoms in total. The van der Waals surface area contributed by atoms with Crippen LogP contribution in [0.2, 0.25) is 0 Å². The molecule has 0 amide bonds. The Kier molecular flexibility index (Phi) is 15.0. The number of aromatic nitrogens is 7. The average Bonchev–Trinajstić information content (AvgIpc) is 1.57. The summed E-state index contributed by atoms with van der Waals surface area (Å²) in [5.41, 5.74) is 42.2. The first-order chi connectivity index (χ1) is 62.7. The van der Waals surface area contributed by atoms with E-state index in [0.29, 0.717) is 5.95 Å². The fourth-order valence-electron chi connectivity index (χ4n) is 23.1. The van der Waals surface area contributed by atoms with Crippen LogP contribution in [0.1, 0.15) is 74.9 Å². The Labute approximate surface area is 740 Å². The molecular weight excluding hydrogens is 1550 g/mol. The van der Waals surface area contributed by atoms with Crippen LogP contribution in [-0.2, 0) is 16.2 Å². The number of hydrogen-bond donors (Lipinski definition) is 0. The fourth-order valence-corrected chi connectivity index (χ4v) is 23.1. The van der Waals surface area contributed by atoms with Gasteiger partial charge in [0.05, 0.1) is 66.6 Å². The summed E-state index contributed by atoms with van der Waals surface area (Å²) in [5, 5.41) is 11.9. The second kappa shape index (κ2) is 26.5. The van der Waals surface area contributed by atoms with Crippen LogP contribution in [0.25, 0.3) is 227 Å². The normalized spacial score (nSPS) is 13.9. The standard InChI is InChI=1S/C121H83N7/c1-119(2)100-36-17-10-29-84(100)87-52-49-81(68-103(87)119)125-108-39-20-13-32-90(108)94-62-73(43-55-112(94)125)76-48-60-117-97(65-76)93-35-16-23-42-111(93)128(117)118-122-106(72-25-8-7-9-26-72)71-107(123-118)79-27-24-28-80(61-79)124-115-58-46-77(74-44-56-113-95(63-74)91-33-14-21-40-109(91)126(113)82-50-53-88-85-30-11-18-37-101(85)120(3,4)104(88)69-82)66-98(115)99-67-78(47-59-116(99)124)75-45-57-114-96(64-75)92-34-15-22-41-110(92)127(114)83-51-54-89-86-31-12-19-38-102(86)121(5,6)105(89)70-83/h7-71H,1-6H3. The van der Waals surface area contributed by atoms with Crippen LogP contribution in [-0.4, -0.2) is 32.8 Å². The van der Waals surface area contributed by atoms with Gasteiger partial charge in [0.2, 0.25) is 5.95 Å². The highest BCUT2D eigenvalue weighted by molar-refractivity contribution is 6.17. The number of para-hydroxylation sites is 4. The molecule has 27 rings (SSSR count). The highest BCUT2D eigenvalue weighted by Crippen LogP contribution is 2.55. The molecule has 0 unspecified atom stereocenters. The second-order valence-electron chi connectivity index (χ2n) is 37.2. The lowest BCUT2D eigenvalue weighted by Crippen LogP contribution is -2.15. The Bertz CT molecular complexity index is 8710. The third-order valence-corrected chi connectivity index (χ3v) is 29.3. The van der Waals surface area contributed by atoms with Crippen molar-refractivity contribution >= 4 is 109 Å². The lowest BCUT2D eigenvalue weighted by molar-refractivity contribution is 0.660. The van der Waals surface area contributed by atoms with E-state index in [-0.39, 0.29) is 16.2 Å². The Hall–Kier alpha value is -16.0. The first-order valence-electron chi connectivity index (χ1n) is 44.7. The van der Waals surface area contributed by atoms with Gasteiger partial charge in [-0.1, -0.05) is 284 Å². The first kappa shape index (κ1) is 72.5. The van der Waals surface area contributed by atoms with E-state index in [1.54, 1.807) is 0 Å². The molecule has 7 heteroatoms. The van der Waals surface area contributed by atoms with Gasteiger partial charge in [0, 0.05) is 104 Å². The molecule has 6 heterocycles. The molecule has 0 saturated heterocycles. The summed E-state index contributed by atoms with van der Waals surface area (Å²) in [6, 6.07) is 148. The third-order valence-electron chi connectivity index (χ3n) is 29.3. The van der Waals surface area contributed by atoms with Gasteiger partial charge in [0.1, 0.15) is 0 Å². The molecule has 24 aromatic rings. The van der Waals surface area contributed by atoms with Gasteiger partial charge < -0.3 is 18.3 Å². The van der Waals surface area contributed by atoms with Gasteiger partial charge in [-0.15, -0.1) is 0 Å². The summed E-state index contributed by atoms with van der Waals surface area (Å²) in [7, 11) is 0. The molecule has 602 valence electrons. The SMILES string of the molecule is CC1(C)c2ccccc2-c2ccc(-n3c4ccccc4c4cc(-c5ccc6c(c5)c5cc(-c7ccc8c(c7)c7ccccc7n8-c7ccc8c(c7)C(C)(C)c7ccccc7-8)ccc5n6-c5cccc(-c6cc(-c7ccccc7)nc(-n7c8ccccc8c8cc(-c9ccc%10c(c9)c9ccccc9n%10-c9ccc%10c(c9)C(C)(C)c9ccccc9-%10)ccc87)n6)c5)ccc43)cc21. The Balaban J connectivity index is 0.595. The van der Waals surface area contributed by atoms with Crippen molar-refractivity contribution in [2.45, 2.75) is 57.8 Å². The van der Waals surface area contributed by atoms with Crippen molar-refractivity contribution in [2.24, 2.45) is 0 Å². The van der Waals surface area contributed by atoms with Gasteiger partial charge in [-0.05, 0) is 252 Å². The Morgan fingerprint density at radius 3 is 0.773 bits per heavy atom. The highest BCUT2D eigenvalue weighted by Gasteiger charge is 2.39. The fraction of sp³-hybridized carbons (Fsp3) is 0.0744. The second-order valence-corrected chi connectivity index (χ2v) is 37.2. The largest absolute Gasteiger partial charge is 0.309 e. The molecule has 0 bridgehead atoms. The molecule has 0 aliphatic heterocycles. The van der Waals surface area contributed by atoms with Gasteiger partial charge in [0.25, 0.3) is 0 Å². The van der Waals surface area contributed by atoms with Crippen molar-refractivity contribution in [3.63, 3.8) is 0 Å². The number of rotatable bonds is 10. The Morgan fingerprint density at radius 2 is 0.422 bits per heavy atom. The topological polar surface area (TPSA) is 50.4 Å². The lowest BCUT2D eigenvalue weighted by atomic mass is 9.82.